The first-order valence-electron chi connectivity index (χ1n) is 13.9. The number of nitrogens with zero attached hydrogens (tertiary/aromatic N) is 4. The van der Waals surface area contributed by atoms with E-state index in [0.717, 1.165) is 61.3 Å². The Kier molecular flexibility index (Phi) is 7.47. The Hall–Kier alpha value is -2.34. The van der Waals surface area contributed by atoms with Gasteiger partial charge in [-0.3, -0.25) is 14.4 Å². The molecular formula is C29H43N5O. The van der Waals surface area contributed by atoms with E-state index in [1.165, 1.54) is 62.6 Å². The minimum Gasteiger partial charge on any atom is -0.369 e. The summed E-state index contributed by atoms with van der Waals surface area (Å²) >= 11 is 0. The summed E-state index contributed by atoms with van der Waals surface area (Å²) in [7, 11) is 2.02. The van der Waals surface area contributed by atoms with Crippen molar-refractivity contribution in [2.24, 2.45) is 18.9 Å². The van der Waals surface area contributed by atoms with Gasteiger partial charge in [0.05, 0.1) is 11.2 Å². The van der Waals surface area contributed by atoms with E-state index in [1.54, 1.807) is 0 Å². The number of benzene rings is 1. The van der Waals surface area contributed by atoms with Gasteiger partial charge in [0.2, 0.25) is 5.91 Å². The van der Waals surface area contributed by atoms with E-state index in [9.17, 15) is 4.79 Å². The number of hydrogen-bond donors (Lipinski definition) is 1. The molecular weight excluding hydrogens is 434 g/mol. The summed E-state index contributed by atoms with van der Waals surface area (Å²) in [6, 6.07) is 6.76. The van der Waals surface area contributed by atoms with E-state index < -0.39 is 0 Å². The summed E-state index contributed by atoms with van der Waals surface area (Å²) in [5, 5.41) is 8.93. The smallest absolute Gasteiger partial charge is 0.224 e. The van der Waals surface area contributed by atoms with Crippen LogP contribution in [0.3, 0.4) is 0 Å². The molecule has 3 heterocycles. The van der Waals surface area contributed by atoms with Gasteiger partial charge in [-0.05, 0) is 42.9 Å². The van der Waals surface area contributed by atoms with Crippen molar-refractivity contribution >= 4 is 22.5 Å². The number of rotatable bonds is 7. The van der Waals surface area contributed by atoms with Crippen LogP contribution in [0.2, 0.25) is 0 Å². The molecule has 0 spiro atoms. The standard InChI is InChI=1S/C29H43N5O/c1-21(9-10-23-7-5-4-6-8-23)20-33-15-17-34(18-16-33)24-11-12-26-27(19-24)32(3)31-29(26)25-13-14-28(35)30-22(25)2/h11-12,19,21,23,25H,2,4-10,13-18,20H2,1,3H3,(H,30,35). The van der Waals surface area contributed by atoms with Gasteiger partial charge in [0, 0.05) is 68.9 Å². The average molecular weight is 478 g/mol. The molecule has 5 rings (SSSR count). The zero-order chi connectivity index (χ0) is 24.4. The van der Waals surface area contributed by atoms with Crippen molar-refractivity contribution in [1.82, 2.24) is 20.0 Å². The molecule has 1 saturated carbocycles. The van der Waals surface area contributed by atoms with Crippen LogP contribution in [0.15, 0.2) is 30.5 Å². The molecule has 1 aromatic heterocycles. The molecule has 1 aliphatic carbocycles. The third-order valence-electron chi connectivity index (χ3n) is 8.67. The van der Waals surface area contributed by atoms with E-state index in [1.807, 2.05) is 11.7 Å². The molecule has 2 aliphatic heterocycles. The van der Waals surface area contributed by atoms with Gasteiger partial charge in [0.15, 0.2) is 0 Å². The Labute approximate surface area is 210 Å². The minimum atomic E-state index is 0.0616. The predicted octanol–water partition coefficient (Wildman–Crippen LogP) is 5.20. The van der Waals surface area contributed by atoms with Crippen molar-refractivity contribution in [2.45, 2.75) is 70.6 Å². The fourth-order valence-corrected chi connectivity index (χ4v) is 6.52. The summed E-state index contributed by atoms with van der Waals surface area (Å²) in [4.78, 5) is 16.9. The molecule has 2 saturated heterocycles. The third kappa shape index (κ3) is 5.58. The van der Waals surface area contributed by atoms with Crippen molar-refractivity contribution < 1.29 is 4.79 Å². The van der Waals surface area contributed by atoms with E-state index in [0.29, 0.717) is 6.42 Å². The number of carbonyl (C=O) groups is 1. The maximum absolute atomic E-state index is 11.7. The lowest BCUT2D eigenvalue weighted by Gasteiger charge is -2.37. The molecule has 1 N–H and O–H groups in total. The van der Waals surface area contributed by atoms with Crippen LogP contribution in [0.25, 0.3) is 10.9 Å². The topological polar surface area (TPSA) is 53.4 Å². The molecule has 35 heavy (non-hydrogen) atoms. The molecule has 6 heteroatoms. The molecule has 1 aromatic carbocycles. The lowest BCUT2D eigenvalue weighted by molar-refractivity contribution is -0.121. The van der Waals surface area contributed by atoms with Gasteiger partial charge in [-0.1, -0.05) is 52.0 Å². The zero-order valence-electron chi connectivity index (χ0n) is 21.8. The second-order valence-corrected chi connectivity index (χ2v) is 11.3. The van der Waals surface area contributed by atoms with Crippen LogP contribution in [0.5, 0.6) is 0 Å². The van der Waals surface area contributed by atoms with Crippen LogP contribution in [0, 0.1) is 11.8 Å². The van der Waals surface area contributed by atoms with Gasteiger partial charge in [-0.25, -0.2) is 0 Å². The van der Waals surface area contributed by atoms with Gasteiger partial charge >= 0.3 is 0 Å². The summed E-state index contributed by atoms with van der Waals surface area (Å²) < 4.78 is 1.99. The van der Waals surface area contributed by atoms with Crippen molar-refractivity contribution in [3.63, 3.8) is 0 Å². The maximum Gasteiger partial charge on any atom is 0.224 e. The number of aryl methyl sites for hydroxylation is 1. The van der Waals surface area contributed by atoms with Gasteiger partial charge < -0.3 is 10.2 Å². The lowest BCUT2D eigenvalue weighted by Crippen LogP contribution is -2.47. The minimum absolute atomic E-state index is 0.0616. The summed E-state index contributed by atoms with van der Waals surface area (Å²) in [5.41, 5.74) is 4.24. The van der Waals surface area contributed by atoms with Crippen LogP contribution in [0.1, 0.15) is 76.3 Å². The zero-order valence-corrected chi connectivity index (χ0v) is 21.8. The SMILES string of the molecule is C=C1NC(=O)CCC1c1nn(C)c2cc(N3CCN(CC(C)CCC4CCCCC4)CC3)ccc12. The summed E-state index contributed by atoms with van der Waals surface area (Å²) in [6.07, 6.45) is 11.5. The van der Waals surface area contributed by atoms with Gasteiger partial charge in [0.25, 0.3) is 0 Å². The number of amides is 1. The number of piperidine rings is 1. The third-order valence-corrected chi connectivity index (χ3v) is 8.67. The normalized spacial score (nSPS) is 23.6. The van der Waals surface area contributed by atoms with Crippen molar-refractivity contribution in [3.8, 4) is 0 Å². The molecule has 3 fully saturated rings. The number of anilines is 1. The largest absolute Gasteiger partial charge is 0.369 e. The average Bonchev–Trinajstić information content (AvgIpc) is 3.19. The number of piperazine rings is 1. The first-order chi connectivity index (χ1) is 17.0. The highest BCUT2D eigenvalue weighted by Gasteiger charge is 2.28. The highest BCUT2D eigenvalue weighted by Crippen LogP contribution is 2.35. The summed E-state index contributed by atoms with van der Waals surface area (Å²) in [6.45, 7) is 12.2. The number of nitrogens with one attached hydrogen (secondary N) is 1. The predicted molar refractivity (Wildman–Crippen MR) is 144 cm³/mol. The van der Waals surface area contributed by atoms with E-state index in [2.05, 4.69) is 46.8 Å². The fourth-order valence-electron chi connectivity index (χ4n) is 6.52. The second kappa shape index (κ2) is 10.7. The molecule has 3 aliphatic rings. The Bertz CT molecular complexity index is 1040. The monoisotopic (exact) mass is 477 g/mol. The van der Waals surface area contributed by atoms with E-state index >= 15 is 0 Å². The Morgan fingerprint density at radius 1 is 1.11 bits per heavy atom. The van der Waals surface area contributed by atoms with Gasteiger partial charge in [-0.15, -0.1) is 0 Å². The molecule has 2 atom stereocenters. The van der Waals surface area contributed by atoms with Crippen molar-refractivity contribution in [2.75, 3.05) is 37.6 Å². The van der Waals surface area contributed by atoms with E-state index in [4.69, 9.17) is 5.10 Å². The highest BCUT2D eigenvalue weighted by atomic mass is 16.1. The van der Waals surface area contributed by atoms with Crippen LogP contribution in [-0.2, 0) is 11.8 Å². The molecule has 1 amide bonds. The van der Waals surface area contributed by atoms with Crippen LogP contribution in [0.4, 0.5) is 5.69 Å². The fraction of sp³-hybridized carbons (Fsp3) is 0.655. The van der Waals surface area contributed by atoms with E-state index in [-0.39, 0.29) is 11.8 Å². The van der Waals surface area contributed by atoms with Crippen molar-refractivity contribution in [1.29, 1.82) is 0 Å². The quantitative estimate of drug-likeness (QED) is 0.596. The Balaban J connectivity index is 1.17. The van der Waals surface area contributed by atoms with Gasteiger partial charge in [-0.2, -0.15) is 5.10 Å². The lowest BCUT2D eigenvalue weighted by atomic mass is 9.84. The van der Waals surface area contributed by atoms with Gasteiger partial charge in [0.1, 0.15) is 0 Å². The number of aromatic nitrogens is 2. The Morgan fingerprint density at radius 2 is 1.89 bits per heavy atom. The molecule has 6 nitrogen and oxygen atoms in total. The number of hydrogen-bond acceptors (Lipinski definition) is 4. The molecule has 0 radical (unpaired) electrons. The van der Waals surface area contributed by atoms with Crippen molar-refractivity contribution in [3.05, 3.63) is 36.2 Å². The molecule has 190 valence electrons. The molecule has 2 unspecified atom stereocenters. The first-order valence-corrected chi connectivity index (χ1v) is 13.9. The van der Waals surface area contributed by atoms with Crippen LogP contribution in [-0.4, -0.2) is 53.3 Å². The maximum atomic E-state index is 11.7. The van der Waals surface area contributed by atoms with Crippen LogP contribution >= 0.6 is 0 Å². The second-order valence-electron chi connectivity index (χ2n) is 11.3. The number of carbonyl (C=O) groups excluding carboxylic acids is 1. The number of fused-ring (bicyclic) bond motifs is 1. The number of allylic oxidation sites excluding steroid dienone is 1. The highest BCUT2D eigenvalue weighted by molar-refractivity contribution is 5.87. The molecule has 2 aromatic rings. The summed E-state index contributed by atoms with van der Waals surface area (Å²) in [5.74, 6) is 1.95. The van der Waals surface area contributed by atoms with Crippen LogP contribution < -0.4 is 10.2 Å². The first kappa shape index (κ1) is 24.4. The Morgan fingerprint density at radius 3 is 2.63 bits per heavy atom. The molecule has 0 bridgehead atoms.